The van der Waals surface area contributed by atoms with Crippen molar-refractivity contribution in [1.82, 2.24) is 20.7 Å². The van der Waals surface area contributed by atoms with E-state index in [9.17, 15) is 0 Å². The normalized spacial score (nSPS) is 12.7. The van der Waals surface area contributed by atoms with Crippen molar-refractivity contribution in [3.05, 3.63) is 40.4 Å². The summed E-state index contributed by atoms with van der Waals surface area (Å²) in [5, 5.41) is 17.6. The second kappa shape index (κ2) is 6.41. The van der Waals surface area contributed by atoms with Crippen molar-refractivity contribution in [3.8, 4) is 10.8 Å². The summed E-state index contributed by atoms with van der Waals surface area (Å²) in [6.45, 7) is 6.52. The minimum Gasteiger partial charge on any atom is -0.419 e. The van der Waals surface area contributed by atoms with E-state index in [1.54, 1.807) is 11.3 Å². The lowest BCUT2D eigenvalue weighted by molar-refractivity contribution is 0.387. The van der Waals surface area contributed by atoms with E-state index < -0.39 is 0 Å². The third-order valence-electron chi connectivity index (χ3n) is 3.54. The van der Waals surface area contributed by atoms with Crippen molar-refractivity contribution in [3.63, 3.8) is 0 Å². The molecule has 3 rings (SSSR count). The number of nitrogens with zero attached hydrogens (tertiary/aromatic N) is 3. The predicted octanol–water partition coefficient (Wildman–Crippen LogP) is 3.64. The number of aryl methyl sites for hydroxylation is 2. The quantitative estimate of drug-likeness (QED) is 0.747. The molecule has 22 heavy (non-hydrogen) atoms. The zero-order valence-corrected chi connectivity index (χ0v) is 13.6. The SMILES string of the molecule is CC[C@H](NCc1nnc(-c2cccs2)o1)c1c(C)noc1C. The monoisotopic (exact) mass is 318 g/mol. The van der Waals surface area contributed by atoms with Crippen LogP contribution in [0.2, 0.25) is 0 Å². The molecule has 0 saturated carbocycles. The molecule has 1 atom stereocenters. The highest BCUT2D eigenvalue weighted by atomic mass is 32.1. The molecule has 116 valence electrons. The van der Waals surface area contributed by atoms with E-state index >= 15 is 0 Å². The van der Waals surface area contributed by atoms with Crippen LogP contribution < -0.4 is 5.32 Å². The van der Waals surface area contributed by atoms with Gasteiger partial charge in [-0.25, -0.2) is 0 Å². The molecule has 0 unspecified atom stereocenters. The number of thiophene rings is 1. The summed E-state index contributed by atoms with van der Waals surface area (Å²) in [4.78, 5) is 0.983. The van der Waals surface area contributed by atoms with Gasteiger partial charge in [-0.3, -0.25) is 0 Å². The van der Waals surface area contributed by atoms with E-state index in [2.05, 4.69) is 27.6 Å². The fourth-order valence-electron chi connectivity index (χ4n) is 2.47. The zero-order chi connectivity index (χ0) is 15.5. The summed E-state index contributed by atoms with van der Waals surface area (Å²) in [6, 6.07) is 4.09. The minimum absolute atomic E-state index is 0.156. The highest BCUT2D eigenvalue weighted by Crippen LogP contribution is 2.25. The Labute approximate surface area is 132 Å². The molecule has 0 saturated heterocycles. The molecule has 3 heterocycles. The molecule has 0 bridgehead atoms. The van der Waals surface area contributed by atoms with E-state index in [1.165, 1.54) is 0 Å². The first-order chi connectivity index (χ1) is 10.7. The van der Waals surface area contributed by atoms with E-state index in [0.717, 1.165) is 28.3 Å². The van der Waals surface area contributed by atoms with Gasteiger partial charge in [-0.15, -0.1) is 21.5 Å². The van der Waals surface area contributed by atoms with Crippen LogP contribution in [-0.2, 0) is 6.54 Å². The van der Waals surface area contributed by atoms with Crippen molar-refractivity contribution in [2.24, 2.45) is 0 Å². The topological polar surface area (TPSA) is 77.0 Å². The van der Waals surface area contributed by atoms with Gasteiger partial charge in [-0.05, 0) is 31.7 Å². The lowest BCUT2D eigenvalue weighted by atomic mass is 10.0. The Balaban J connectivity index is 1.69. The van der Waals surface area contributed by atoms with Gasteiger partial charge in [0, 0.05) is 11.6 Å². The van der Waals surface area contributed by atoms with Gasteiger partial charge >= 0.3 is 0 Å². The highest BCUT2D eigenvalue weighted by Gasteiger charge is 2.19. The summed E-state index contributed by atoms with van der Waals surface area (Å²) >= 11 is 1.58. The van der Waals surface area contributed by atoms with Gasteiger partial charge in [0.15, 0.2) is 0 Å². The van der Waals surface area contributed by atoms with Crippen LogP contribution in [0.3, 0.4) is 0 Å². The Morgan fingerprint density at radius 2 is 2.18 bits per heavy atom. The number of aromatic nitrogens is 3. The molecular weight excluding hydrogens is 300 g/mol. The Morgan fingerprint density at radius 1 is 1.32 bits per heavy atom. The van der Waals surface area contributed by atoms with Crippen LogP contribution in [0.15, 0.2) is 26.5 Å². The second-order valence-corrected chi connectivity index (χ2v) is 6.01. The Kier molecular flexibility index (Phi) is 4.35. The van der Waals surface area contributed by atoms with Gasteiger partial charge in [0.25, 0.3) is 5.89 Å². The van der Waals surface area contributed by atoms with E-state index in [4.69, 9.17) is 8.94 Å². The largest absolute Gasteiger partial charge is 0.419 e. The average Bonchev–Trinajstić information content (AvgIpc) is 3.23. The first-order valence-corrected chi connectivity index (χ1v) is 8.09. The Bertz CT molecular complexity index is 713. The lowest BCUT2D eigenvalue weighted by Gasteiger charge is -2.15. The van der Waals surface area contributed by atoms with Gasteiger partial charge in [-0.2, -0.15) is 0 Å². The summed E-state index contributed by atoms with van der Waals surface area (Å²) in [5.74, 6) is 1.99. The first-order valence-electron chi connectivity index (χ1n) is 7.21. The summed E-state index contributed by atoms with van der Waals surface area (Å²) in [7, 11) is 0. The molecule has 7 heteroatoms. The van der Waals surface area contributed by atoms with Crippen LogP contribution in [0, 0.1) is 13.8 Å². The highest BCUT2D eigenvalue weighted by molar-refractivity contribution is 7.13. The van der Waals surface area contributed by atoms with E-state index in [1.807, 2.05) is 31.4 Å². The maximum Gasteiger partial charge on any atom is 0.257 e. The third-order valence-corrected chi connectivity index (χ3v) is 4.40. The molecule has 3 aromatic rings. The second-order valence-electron chi connectivity index (χ2n) is 5.06. The molecule has 0 amide bonds. The Hall–Kier alpha value is -1.99. The molecule has 1 N–H and O–H groups in total. The standard InChI is InChI=1S/C15H18N4O2S/c1-4-11(14-9(2)19-21-10(14)3)16-8-13-17-18-15(20-13)12-6-5-7-22-12/h5-7,11,16H,4,8H2,1-3H3/t11-/m0/s1. The van der Waals surface area contributed by atoms with Crippen molar-refractivity contribution in [2.75, 3.05) is 0 Å². The molecule has 0 aliphatic heterocycles. The van der Waals surface area contributed by atoms with Gasteiger partial charge in [0.05, 0.1) is 17.1 Å². The average molecular weight is 318 g/mol. The van der Waals surface area contributed by atoms with Gasteiger partial charge in [0.2, 0.25) is 5.89 Å². The minimum atomic E-state index is 0.156. The Morgan fingerprint density at radius 3 is 2.82 bits per heavy atom. The fourth-order valence-corrected chi connectivity index (χ4v) is 3.12. The molecule has 3 aromatic heterocycles. The molecule has 0 aromatic carbocycles. The lowest BCUT2D eigenvalue weighted by Crippen LogP contribution is -2.21. The van der Waals surface area contributed by atoms with Gasteiger partial charge < -0.3 is 14.3 Å². The van der Waals surface area contributed by atoms with Crippen molar-refractivity contribution in [2.45, 2.75) is 39.8 Å². The number of hydrogen-bond donors (Lipinski definition) is 1. The molecule has 6 nitrogen and oxygen atoms in total. The molecule has 0 fully saturated rings. The smallest absolute Gasteiger partial charge is 0.257 e. The summed E-state index contributed by atoms with van der Waals surface area (Å²) < 4.78 is 10.9. The molecule has 0 aliphatic rings. The predicted molar refractivity (Wildman–Crippen MR) is 83.5 cm³/mol. The number of hydrogen-bond acceptors (Lipinski definition) is 7. The summed E-state index contributed by atoms with van der Waals surface area (Å²) in [6.07, 6.45) is 0.925. The van der Waals surface area contributed by atoms with E-state index in [0.29, 0.717) is 18.3 Å². The number of nitrogens with one attached hydrogen (secondary N) is 1. The first kappa shape index (κ1) is 14.9. The van der Waals surface area contributed by atoms with Gasteiger partial charge in [-0.1, -0.05) is 18.1 Å². The van der Waals surface area contributed by atoms with Crippen LogP contribution in [0.5, 0.6) is 0 Å². The van der Waals surface area contributed by atoms with Crippen molar-refractivity contribution < 1.29 is 8.94 Å². The van der Waals surface area contributed by atoms with Crippen LogP contribution in [0.25, 0.3) is 10.8 Å². The van der Waals surface area contributed by atoms with Crippen molar-refractivity contribution >= 4 is 11.3 Å². The van der Waals surface area contributed by atoms with Crippen LogP contribution in [0.4, 0.5) is 0 Å². The van der Waals surface area contributed by atoms with Crippen LogP contribution in [-0.4, -0.2) is 15.4 Å². The zero-order valence-electron chi connectivity index (χ0n) is 12.8. The third kappa shape index (κ3) is 2.95. The maximum atomic E-state index is 5.69. The molecular formula is C15H18N4O2S. The fraction of sp³-hybridized carbons (Fsp3) is 0.400. The van der Waals surface area contributed by atoms with Crippen molar-refractivity contribution in [1.29, 1.82) is 0 Å². The maximum absolute atomic E-state index is 5.69. The van der Waals surface area contributed by atoms with E-state index in [-0.39, 0.29) is 6.04 Å². The number of rotatable bonds is 6. The van der Waals surface area contributed by atoms with Gasteiger partial charge in [0.1, 0.15) is 5.76 Å². The molecule has 0 aliphatic carbocycles. The molecule has 0 radical (unpaired) electrons. The van der Waals surface area contributed by atoms with Crippen LogP contribution in [0.1, 0.15) is 42.3 Å². The van der Waals surface area contributed by atoms with Crippen LogP contribution >= 0.6 is 11.3 Å². The summed E-state index contributed by atoms with van der Waals surface area (Å²) in [5.41, 5.74) is 2.03. The molecule has 0 spiro atoms.